The third-order valence-corrected chi connectivity index (χ3v) is 6.33. The number of fused-ring (bicyclic) bond motifs is 1. The summed E-state index contributed by atoms with van der Waals surface area (Å²) in [6.45, 7) is 1.04. The Labute approximate surface area is 188 Å². The summed E-state index contributed by atoms with van der Waals surface area (Å²) < 4.78 is 42.0. The average Bonchev–Trinajstić information content (AvgIpc) is 3.20. The van der Waals surface area contributed by atoms with Gasteiger partial charge in [-0.25, -0.2) is 8.42 Å². The molecule has 0 spiro atoms. The maximum Gasteiger partial charge on any atom is 0.321 e. The van der Waals surface area contributed by atoms with Gasteiger partial charge in [0.1, 0.15) is 6.54 Å². The maximum absolute atomic E-state index is 12.2. The predicted octanol–water partition coefficient (Wildman–Crippen LogP) is 2.25. The zero-order chi connectivity index (χ0) is 22.6. The molecule has 31 heavy (non-hydrogen) atoms. The number of hydrogen-bond acceptors (Lipinski definition) is 7. The molecule has 12 heteroatoms. The zero-order valence-corrected chi connectivity index (χ0v) is 18.5. The summed E-state index contributed by atoms with van der Waals surface area (Å²) in [6, 6.07) is 8.95. The minimum atomic E-state index is -4.02. The number of carbonyl (C=O) groups is 2. The Hall–Kier alpha value is -2.53. The molecular formula is C19H18Cl2N2O7S. The van der Waals surface area contributed by atoms with Gasteiger partial charge in [-0.2, -0.15) is 4.72 Å². The van der Waals surface area contributed by atoms with Crippen molar-refractivity contribution in [3.8, 4) is 11.5 Å². The fourth-order valence-corrected chi connectivity index (χ4v) is 3.91. The third kappa shape index (κ3) is 6.01. The summed E-state index contributed by atoms with van der Waals surface area (Å²) in [4.78, 5) is 24.0. The molecular weight excluding hydrogens is 471 g/mol. The third-order valence-electron chi connectivity index (χ3n) is 4.19. The first-order chi connectivity index (χ1) is 14.7. The van der Waals surface area contributed by atoms with E-state index in [-0.39, 0.29) is 28.3 Å². The van der Waals surface area contributed by atoms with E-state index in [0.29, 0.717) is 11.5 Å². The molecule has 1 unspecified atom stereocenters. The van der Waals surface area contributed by atoms with Crippen molar-refractivity contribution >= 4 is 45.1 Å². The van der Waals surface area contributed by atoms with E-state index in [1.165, 1.54) is 19.1 Å². The van der Waals surface area contributed by atoms with Crippen LogP contribution in [0, 0.1) is 0 Å². The Morgan fingerprint density at radius 3 is 2.58 bits per heavy atom. The quantitative estimate of drug-likeness (QED) is 0.546. The molecule has 0 saturated carbocycles. The van der Waals surface area contributed by atoms with Crippen molar-refractivity contribution < 1.29 is 32.2 Å². The average molecular weight is 489 g/mol. The smallest absolute Gasteiger partial charge is 0.321 e. The number of nitrogens with one attached hydrogen (secondary N) is 2. The largest absolute Gasteiger partial charge is 0.454 e. The van der Waals surface area contributed by atoms with Gasteiger partial charge in [-0.05, 0) is 42.8 Å². The minimum Gasteiger partial charge on any atom is -0.454 e. The van der Waals surface area contributed by atoms with Crippen LogP contribution in [-0.4, -0.2) is 39.7 Å². The highest BCUT2D eigenvalue weighted by atomic mass is 35.5. The molecule has 0 radical (unpaired) electrons. The highest BCUT2D eigenvalue weighted by molar-refractivity contribution is 7.89. The highest BCUT2D eigenvalue weighted by Crippen LogP contribution is 2.32. The number of hydrogen-bond donors (Lipinski definition) is 2. The van der Waals surface area contributed by atoms with E-state index in [0.717, 1.165) is 11.6 Å². The van der Waals surface area contributed by atoms with Crippen molar-refractivity contribution in [2.24, 2.45) is 0 Å². The number of ether oxygens (including phenoxy) is 3. The molecule has 9 nitrogen and oxygen atoms in total. The topological polar surface area (TPSA) is 120 Å². The number of esters is 1. The number of carbonyl (C=O) groups excluding carboxylic acids is 2. The minimum absolute atomic E-state index is 0.0554. The second-order valence-corrected chi connectivity index (χ2v) is 9.02. The molecule has 1 amide bonds. The van der Waals surface area contributed by atoms with Crippen LogP contribution in [0.2, 0.25) is 10.0 Å². The first-order valence-corrected chi connectivity index (χ1v) is 11.2. The van der Waals surface area contributed by atoms with Crippen molar-refractivity contribution in [3.05, 3.63) is 52.0 Å². The molecule has 2 aromatic rings. The molecule has 0 aromatic heterocycles. The van der Waals surface area contributed by atoms with Gasteiger partial charge < -0.3 is 19.5 Å². The molecule has 166 valence electrons. The van der Waals surface area contributed by atoms with Crippen molar-refractivity contribution in [1.29, 1.82) is 0 Å². The zero-order valence-electron chi connectivity index (χ0n) is 16.2. The van der Waals surface area contributed by atoms with Crippen LogP contribution < -0.4 is 19.5 Å². The van der Waals surface area contributed by atoms with Gasteiger partial charge in [-0.15, -0.1) is 0 Å². The van der Waals surface area contributed by atoms with Crippen LogP contribution in [-0.2, 0) is 30.9 Å². The molecule has 1 aliphatic rings. The Bertz CT molecular complexity index is 1110. The fourth-order valence-electron chi connectivity index (χ4n) is 2.56. The molecule has 3 rings (SSSR count). The first-order valence-electron chi connectivity index (χ1n) is 8.96. The molecule has 1 atom stereocenters. The van der Waals surface area contributed by atoms with E-state index in [1.54, 1.807) is 18.2 Å². The molecule has 0 fully saturated rings. The first kappa shape index (κ1) is 23.1. The summed E-state index contributed by atoms with van der Waals surface area (Å²) in [5.41, 5.74) is 0.769. The summed E-state index contributed by atoms with van der Waals surface area (Å²) in [5.74, 6) is -0.256. The van der Waals surface area contributed by atoms with Gasteiger partial charge in [-0.3, -0.25) is 9.59 Å². The lowest BCUT2D eigenvalue weighted by Crippen LogP contribution is -2.38. The highest BCUT2D eigenvalue weighted by Gasteiger charge is 2.21. The van der Waals surface area contributed by atoms with E-state index in [1.807, 2.05) is 0 Å². The number of halogens is 2. The van der Waals surface area contributed by atoms with Gasteiger partial charge in [0.15, 0.2) is 17.6 Å². The molecule has 2 N–H and O–H groups in total. The van der Waals surface area contributed by atoms with Crippen LogP contribution >= 0.6 is 23.2 Å². The molecule has 0 aliphatic carbocycles. The van der Waals surface area contributed by atoms with Crippen molar-refractivity contribution in [1.82, 2.24) is 10.0 Å². The van der Waals surface area contributed by atoms with E-state index >= 15 is 0 Å². The number of benzene rings is 2. The van der Waals surface area contributed by atoms with E-state index in [2.05, 4.69) is 10.0 Å². The SMILES string of the molecule is CC(OC(=O)CNS(=O)(=O)c1ccc(Cl)c(Cl)c1)C(=O)NCc1ccc2c(c1)OCO2. The lowest BCUT2D eigenvalue weighted by molar-refractivity contribution is -0.153. The number of sulfonamides is 1. The summed E-state index contributed by atoms with van der Waals surface area (Å²) in [5, 5.41) is 2.88. The summed E-state index contributed by atoms with van der Waals surface area (Å²) in [6.07, 6.45) is -1.13. The van der Waals surface area contributed by atoms with Crippen LogP contribution in [0.15, 0.2) is 41.3 Å². The van der Waals surface area contributed by atoms with Crippen molar-refractivity contribution in [3.63, 3.8) is 0 Å². The Balaban J connectivity index is 1.47. The fraction of sp³-hybridized carbons (Fsp3) is 0.263. The molecule has 2 aromatic carbocycles. The van der Waals surface area contributed by atoms with Crippen molar-refractivity contribution in [2.75, 3.05) is 13.3 Å². The van der Waals surface area contributed by atoms with E-state index < -0.39 is 34.5 Å². The molecule has 0 saturated heterocycles. The molecule has 1 aliphatic heterocycles. The maximum atomic E-state index is 12.2. The van der Waals surface area contributed by atoms with Crippen LogP contribution in [0.5, 0.6) is 11.5 Å². The van der Waals surface area contributed by atoms with Gasteiger partial charge in [0.25, 0.3) is 5.91 Å². The van der Waals surface area contributed by atoms with Crippen LogP contribution in [0.1, 0.15) is 12.5 Å². The lowest BCUT2D eigenvalue weighted by Gasteiger charge is -2.14. The monoisotopic (exact) mass is 488 g/mol. The normalized spacial score (nSPS) is 13.5. The van der Waals surface area contributed by atoms with Gasteiger partial charge in [0, 0.05) is 6.54 Å². The summed E-state index contributed by atoms with van der Waals surface area (Å²) >= 11 is 11.6. The van der Waals surface area contributed by atoms with E-state index in [9.17, 15) is 18.0 Å². The van der Waals surface area contributed by atoms with Gasteiger partial charge in [0.2, 0.25) is 16.8 Å². The number of amides is 1. The Morgan fingerprint density at radius 2 is 1.84 bits per heavy atom. The van der Waals surface area contributed by atoms with Gasteiger partial charge >= 0.3 is 5.97 Å². The Kier molecular flexibility index (Phi) is 7.26. The van der Waals surface area contributed by atoms with Gasteiger partial charge in [0.05, 0.1) is 14.9 Å². The number of rotatable bonds is 8. The second kappa shape index (κ2) is 9.73. The Morgan fingerprint density at radius 1 is 1.10 bits per heavy atom. The molecule has 1 heterocycles. The van der Waals surface area contributed by atoms with Crippen LogP contribution in [0.3, 0.4) is 0 Å². The standard InChI is InChI=1S/C19H18Cl2N2O7S/c1-11(19(25)22-8-12-2-5-16-17(6-12)29-10-28-16)30-18(24)9-23-31(26,27)13-3-4-14(20)15(21)7-13/h2-7,11,23H,8-10H2,1H3,(H,22,25). The second-order valence-electron chi connectivity index (χ2n) is 6.44. The van der Waals surface area contributed by atoms with Crippen LogP contribution in [0.25, 0.3) is 0 Å². The summed E-state index contributed by atoms with van der Waals surface area (Å²) in [7, 11) is -4.02. The van der Waals surface area contributed by atoms with Gasteiger partial charge in [-0.1, -0.05) is 29.3 Å². The van der Waals surface area contributed by atoms with E-state index in [4.69, 9.17) is 37.4 Å². The van der Waals surface area contributed by atoms with Crippen LogP contribution in [0.4, 0.5) is 0 Å². The lowest BCUT2D eigenvalue weighted by atomic mass is 10.2. The molecule has 0 bridgehead atoms. The van der Waals surface area contributed by atoms with Crippen molar-refractivity contribution in [2.45, 2.75) is 24.5 Å². The predicted molar refractivity (Wildman–Crippen MR) is 112 cm³/mol.